The molecule has 2 heterocycles. The van der Waals surface area contributed by atoms with Gasteiger partial charge in [0, 0.05) is 36.0 Å². The molecule has 0 radical (unpaired) electrons. The van der Waals surface area contributed by atoms with Crippen LogP contribution in [0.2, 0.25) is 0 Å². The van der Waals surface area contributed by atoms with Crippen molar-refractivity contribution in [1.82, 2.24) is 9.88 Å². The van der Waals surface area contributed by atoms with E-state index in [1.807, 2.05) is 54.6 Å². The Balaban J connectivity index is 1.39. The van der Waals surface area contributed by atoms with Gasteiger partial charge in [0.25, 0.3) is 0 Å². The van der Waals surface area contributed by atoms with Crippen LogP contribution in [0.15, 0.2) is 60.8 Å². The molecule has 0 saturated carbocycles. The van der Waals surface area contributed by atoms with Crippen molar-refractivity contribution in [2.45, 2.75) is 0 Å². The van der Waals surface area contributed by atoms with E-state index in [0.717, 1.165) is 22.3 Å². The van der Waals surface area contributed by atoms with E-state index >= 15 is 0 Å². The third kappa shape index (κ3) is 3.59. The zero-order valence-corrected chi connectivity index (χ0v) is 15.5. The molecule has 1 saturated heterocycles. The number of ether oxygens (including phenoxy) is 1. The molecule has 142 valence electrons. The van der Waals surface area contributed by atoms with Crippen molar-refractivity contribution in [2.24, 2.45) is 0 Å². The van der Waals surface area contributed by atoms with Gasteiger partial charge in [-0.05, 0) is 48.5 Å². The minimum atomic E-state index is -0.229. The SMILES string of the molecule is COc1ccc(N2CCN(CC(=O)Nc3ccc4ncccc4c3)C2=O)cc1. The van der Waals surface area contributed by atoms with Crippen LogP contribution in [-0.2, 0) is 4.79 Å². The molecule has 1 aliphatic heterocycles. The number of hydrogen-bond donors (Lipinski definition) is 1. The van der Waals surface area contributed by atoms with Crippen molar-refractivity contribution in [3.05, 3.63) is 60.8 Å². The van der Waals surface area contributed by atoms with Crippen LogP contribution in [0.5, 0.6) is 5.75 Å². The van der Waals surface area contributed by atoms with Crippen LogP contribution in [-0.4, -0.2) is 48.6 Å². The number of methoxy groups -OCH3 is 1. The summed E-state index contributed by atoms with van der Waals surface area (Å²) >= 11 is 0. The van der Waals surface area contributed by atoms with Crippen LogP contribution in [0, 0.1) is 0 Å². The van der Waals surface area contributed by atoms with E-state index in [1.54, 1.807) is 23.1 Å². The molecular formula is C21H20N4O3. The third-order valence-corrected chi connectivity index (χ3v) is 4.70. The van der Waals surface area contributed by atoms with E-state index in [0.29, 0.717) is 18.8 Å². The maximum Gasteiger partial charge on any atom is 0.325 e. The summed E-state index contributed by atoms with van der Waals surface area (Å²) in [6.45, 7) is 1.05. The number of nitrogens with zero attached hydrogens (tertiary/aromatic N) is 3. The average molecular weight is 376 g/mol. The van der Waals surface area contributed by atoms with Gasteiger partial charge in [-0.1, -0.05) is 6.07 Å². The highest BCUT2D eigenvalue weighted by atomic mass is 16.5. The molecule has 1 aromatic heterocycles. The summed E-state index contributed by atoms with van der Waals surface area (Å²) < 4.78 is 5.15. The van der Waals surface area contributed by atoms with Crippen LogP contribution in [0.1, 0.15) is 0 Å². The van der Waals surface area contributed by atoms with Crippen LogP contribution < -0.4 is 15.0 Å². The van der Waals surface area contributed by atoms with E-state index in [2.05, 4.69) is 10.3 Å². The zero-order chi connectivity index (χ0) is 19.5. The average Bonchev–Trinajstić information content (AvgIpc) is 3.08. The molecular weight excluding hydrogens is 356 g/mol. The van der Waals surface area contributed by atoms with Gasteiger partial charge in [-0.3, -0.25) is 14.7 Å². The van der Waals surface area contributed by atoms with Crippen LogP contribution in [0.3, 0.4) is 0 Å². The number of rotatable bonds is 5. The highest BCUT2D eigenvalue weighted by molar-refractivity contribution is 6.00. The molecule has 1 N–H and O–H groups in total. The Morgan fingerprint density at radius 3 is 2.75 bits per heavy atom. The first-order chi connectivity index (χ1) is 13.6. The van der Waals surface area contributed by atoms with Crippen molar-refractivity contribution >= 4 is 34.2 Å². The summed E-state index contributed by atoms with van der Waals surface area (Å²) in [6.07, 6.45) is 1.73. The Labute approximate surface area is 162 Å². The van der Waals surface area contributed by atoms with Gasteiger partial charge in [0.05, 0.1) is 12.6 Å². The van der Waals surface area contributed by atoms with Gasteiger partial charge >= 0.3 is 6.03 Å². The number of urea groups is 1. The van der Waals surface area contributed by atoms with Crippen molar-refractivity contribution in [3.8, 4) is 5.75 Å². The molecule has 0 unspecified atom stereocenters. The number of aromatic nitrogens is 1. The lowest BCUT2D eigenvalue weighted by Crippen LogP contribution is -2.37. The molecule has 7 heteroatoms. The summed E-state index contributed by atoms with van der Waals surface area (Å²) in [4.78, 5) is 32.5. The highest BCUT2D eigenvalue weighted by Gasteiger charge is 2.30. The van der Waals surface area contributed by atoms with Crippen LogP contribution in [0.4, 0.5) is 16.2 Å². The molecule has 2 aromatic carbocycles. The second-order valence-electron chi connectivity index (χ2n) is 6.51. The van der Waals surface area contributed by atoms with Gasteiger partial charge in [-0.15, -0.1) is 0 Å². The van der Waals surface area contributed by atoms with Gasteiger partial charge < -0.3 is 15.0 Å². The predicted octanol–water partition coefficient (Wildman–Crippen LogP) is 3.12. The quantitative estimate of drug-likeness (QED) is 0.742. The molecule has 0 bridgehead atoms. The molecule has 0 atom stereocenters. The summed E-state index contributed by atoms with van der Waals surface area (Å²) in [6, 6.07) is 16.4. The summed E-state index contributed by atoms with van der Waals surface area (Å²) in [5, 5.41) is 3.80. The van der Waals surface area contributed by atoms with Crippen LogP contribution in [0.25, 0.3) is 10.9 Å². The lowest BCUT2D eigenvalue weighted by Gasteiger charge is -2.18. The number of carbonyl (C=O) groups is 2. The zero-order valence-electron chi connectivity index (χ0n) is 15.5. The third-order valence-electron chi connectivity index (χ3n) is 4.70. The number of benzene rings is 2. The summed E-state index contributed by atoms with van der Waals surface area (Å²) in [5.41, 5.74) is 2.34. The number of nitrogens with one attached hydrogen (secondary N) is 1. The topological polar surface area (TPSA) is 74.8 Å². The van der Waals surface area contributed by atoms with Gasteiger partial charge in [-0.25, -0.2) is 4.79 Å². The Morgan fingerprint density at radius 2 is 1.96 bits per heavy atom. The van der Waals surface area contributed by atoms with E-state index in [9.17, 15) is 9.59 Å². The smallest absolute Gasteiger partial charge is 0.325 e. The summed E-state index contributed by atoms with van der Waals surface area (Å²) in [5.74, 6) is 0.505. The minimum Gasteiger partial charge on any atom is -0.497 e. The van der Waals surface area contributed by atoms with Crippen LogP contribution >= 0.6 is 0 Å². The Morgan fingerprint density at radius 1 is 1.14 bits per heavy atom. The first kappa shape index (κ1) is 17.8. The van der Waals surface area contributed by atoms with Crippen molar-refractivity contribution in [3.63, 3.8) is 0 Å². The number of fused-ring (bicyclic) bond motifs is 1. The molecule has 1 aliphatic rings. The van der Waals surface area contributed by atoms with Gasteiger partial charge in [0.2, 0.25) is 5.91 Å². The number of hydrogen-bond acceptors (Lipinski definition) is 4. The monoisotopic (exact) mass is 376 g/mol. The van der Waals surface area contributed by atoms with Crippen molar-refractivity contribution in [2.75, 3.05) is 37.0 Å². The molecule has 3 amide bonds. The molecule has 1 fully saturated rings. The van der Waals surface area contributed by atoms with E-state index in [4.69, 9.17) is 4.74 Å². The minimum absolute atomic E-state index is 0.0105. The standard InChI is InChI=1S/C21H20N4O3/c1-28-18-7-5-17(6-8-18)25-12-11-24(21(25)27)14-20(26)23-16-4-9-19-15(13-16)3-2-10-22-19/h2-10,13H,11-12,14H2,1H3,(H,23,26). The van der Waals surface area contributed by atoms with Gasteiger partial charge in [-0.2, -0.15) is 0 Å². The second-order valence-corrected chi connectivity index (χ2v) is 6.51. The number of anilines is 2. The molecule has 4 rings (SSSR count). The largest absolute Gasteiger partial charge is 0.497 e. The molecule has 0 aliphatic carbocycles. The fourth-order valence-corrected chi connectivity index (χ4v) is 3.26. The lowest BCUT2D eigenvalue weighted by molar-refractivity contribution is -0.116. The predicted molar refractivity (Wildman–Crippen MR) is 108 cm³/mol. The first-order valence-corrected chi connectivity index (χ1v) is 8.99. The van der Waals surface area contributed by atoms with Crippen molar-refractivity contribution in [1.29, 1.82) is 0 Å². The fourth-order valence-electron chi connectivity index (χ4n) is 3.26. The van der Waals surface area contributed by atoms with Crippen molar-refractivity contribution < 1.29 is 14.3 Å². The maximum atomic E-state index is 12.7. The molecule has 28 heavy (non-hydrogen) atoms. The van der Waals surface area contributed by atoms with Gasteiger partial charge in [0.15, 0.2) is 0 Å². The van der Waals surface area contributed by atoms with Gasteiger partial charge in [0.1, 0.15) is 12.3 Å². The molecule has 0 spiro atoms. The normalized spacial score (nSPS) is 13.8. The fraction of sp³-hybridized carbons (Fsp3) is 0.190. The summed E-state index contributed by atoms with van der Waals surface area (Å²) in [7, 11) is 1.60. The molecule has 7 nitrogen and oxygen atoms in total. The maximum absolute atomic E-state index is 12.7. The van der Waals surface area contributed by atoms with E-state index in [-0.39, 0.29) is 18.5 Å². The number of amides is 3. The first-order valence-electron chi connectivity index (χ1n) is 8.99. The van der Waals surface area contributed by atoms with E-state index < -0.39 is 0 Å². The number of carbonyl (C=O) groups excluding carboxylic acids is 2. The number of pyridine rings is 1. The second kappa shape index (κ2) is 7.56. The molecule has 3 aromatic rings. The Hall–Kier alpha value is -3.61. The lowest BCUT2D eigenvalue weighted by atomic mass is 10.2. The highest BCUT2D eigenvalue weighted by Crippen LogP contribution is 2.23. The Bertz CT molecular complexity index is 1020. The Kier molecular flexibility index (Phi) is 4.80. The van der Waals surface area contributed by atoms with E-state index in [1.165, 1.54) is 0 Å².